The SMILES string of the molecule is Cc1c[nH]cc1C(=O)NC1(c2ncc[nH]2)CCOC1. The molecule has 3 N–H and O–H groups in total. The molecule has 1 unspecified atom stereocenters. The Hall–Kier alpha value is -2.08. The third kappa shape index (κ3) is 2.04. The Bertz CT molecular complexity index is 567. The second kappa shape index (κ2) is 4.55. The molecule has 2 aromatic heterocycles. The van der Waals surface area contributed by atoms with Gasteiger partial charge < -0.3 is 20.0 Å². The van der Waals surface area contributed by atoms with Gasteiger partial charge in [0.15, 0.2) is 0 Å². The Morgan fingerprint density at radius 1 is 1.53 bits per heavy atom. The molecule has 0 spiro atoms. The van der Waals surface area contributed by atoms with Crippen LogP contribution in [-0.2, 0) is 10.3 Å². The smallest absolute Gasteiger partial charge is 0.253 e. The quantitative estimate of drug-likeness (QED) is 0.772. The number of nitrogens with one attached hydrogen (secondary N) is 3. The molecule has 19 heavy (non-hydrogen) atoms. The summed E-state index contributed by atoms with van der Waals surface area (Å²) in [6, 6.07) is 0. The van der Waals surface area contributed by atoms with Gasteiger partial charge >= 0.3 is 0 Å². The molecule has 1 atom stereocenters. The summed E-state index contributed by atoms with van der Waals surface area (Å²) in [4.78, 5) is 22.6. The zero-order chi connectivity index (χ0) is 13.3. The van der Waals surface area contributed by atoms with Crippen molar-refractivity contribution in [2.24, 2.45) is 0 Å². The molecule has 100 valence electrons. The second-order valence-corrected chi connectivity index (χ2v) is 4.83. The molecule has 1 aliphatic heterocycles. The van der Waals surface area contributed by atoms with Crippen LogP contribution in [0.1, 0.15) is 28.2 Å². The Morgan fingerprint density at radius 3 is 3.00 bits per heavy atom. The highest BCUT2D eigenvalue weighted by Crippen LogP contribution is 2.28. The van der Waals surface area contributed by atoms with E-state index >= 15 is 0 Å². The fourth-order valence-corrected chi connectivity index (χ4v) is 2.41. The zero-order valence-electron chi connectivity index (χ0n) is 10.7. The number of carbonyl (C=O) groups is 1. The van der Waals surface area contributed by atoms with Gasteiger partial charge in [-0.3, -0.25) is 4.79 Å². The van der Waals surface area contributed by atoms with E-state index < -0.39 is 5.54 Å². The highest BCUT2D eigenvalue weighted by atomic mass is 16.5. The van der Waals surface area contributed by atoms with E-state index in [2.05, 4.69) is 20.3 Å². The third-order valence-corrected chi connectivity index (χ3v) is 3.52. The van der Waals surface area contributed by atoms with E-state index in [0.29, 0.717) is 18.8 Å². The van der Waals surface area contributed by atoms with Crippen LogP contribution in [0, 0.1) is 6.92 Å². The lowest BCUT2D eigenvalue weighted by atomic mass is 9.97. The van der Waals surface area contributed by atoms with E-state index in [1.807, 2.05) is 6.92 Å². The first kappa shape index (κ1) is 12.0. The minimum atomic E-state index is -0.551. The predicted octanol–water partition coefficient (Wildman–Crippen LogP) is 1.09. The van der Waals surface area contributed by atoms with Crippen LogP contribution < -0.4 is 5.32 Å². The van der Waals surface area contributed by atoms with Crippen molar-refractivity contribution in [1.29, 1.82) is 0 Å². The number of hydrogen-bond acceptors (Lipinski definition) is 3. The molecular weight excluding hydrogens is 244 g/mol. The van der Waals surface area contributed by atoms with Gasteiger partial charge in [-0.2, -0.15) is 0 Å². The number of aryl methyl sites for hydroxylation is 1. The molecule has 1 aliphatic rings. The maximum atomic E-state index is 12.4. The van der Waals surface area contributed by atoms with E-state index in [4.69, 9.17) is 4.74 Å². The number of amides is 1. The van der Waals surface area contributed by atoms with E-state index in [0.717, 1.165) is 17.8 Å². The van der Waals surface area contributed by atoms with E-state index in [-0.39, 0.29) is 5.91 Å². The largest absolute Gasteiger partial charge is 0.378 e. The predicted molar refractivity (Wildman–Crippen MR) is 68.7 cm³/mol. The first-order valence-corrected chi connectivity index (χ1v) is 6.25. The topological polar surface area (TPSA) is 82.8 Å². The van der Waals surface area contributed by atoms with Crippen LogP contribution >= 0.6 is 0 Å². The number of imidazole rings is 1. The Balaban J connectivity index is 1.87. The molecule has 3 rings (SSSR count). The fourth-order valence-electron chi connectivity index (χ4n) is 2.41. The summed E-state index contributed by atoms with van der Waals surface area (Å²) in [7, 11) is 0. The molecule has 2 aromatic rings. The zero-order valence-corrected chi connectivity index (χ0v) is 10.7. The summed E-state index contributed by atoms with van der Waals surface area (Å²) in [5.41, 5.74) is 1.02. The number of aromatic nitrogens is 3. The van der Waals surface area contributed by atoms with Crippen LogP contribution in [0.3, 0.4) is 0 Å². The monoisotopic (exact) mass is 260 g/mol. The van der Waals surface area contributed by atoms with Crippen molar-refractivity contribution in [1.82, 2.24) is 20.3 Å². The van der Waals surface area contributed by atoms with Crippen molar-refractivity contribution in [3.05, 3.63) is 41.7 Å². The summed E-state index contributed by atoms with van der Waals surface area (Å²) in [5, 5.41) is 3.06. The molecule has 1 fully saturated rings. The van der Waals surface area contributed by atoms with Crippen molar-refractivity contribution < 1.29 is 9.53 Å². The summed E-state index contributed by atoms with van der Waals surface area (Å²) in [6.45, 7) is 2.96. The molecule has 6 heteroatoms. The Morgan fingerprint density at radius 2 is 2.42 bits per heavy atom. The molecule has 3 heterocycles. The van der Waals surface area contributed by atoms with Gasteiger partial charge in [-0.25, -0.2) is 4.98 Å². The molecule has 1 amide bonds. The molecule has 0 aromatic carbocycles. The van der Waals surface area contributed by atoms with Gasteiger partial charge in [0.05, 0.1) is 12.2 Å². The van der Waals surface area contributed by atoms with Crippen molar-refractivity contribution in [3.8, 4) is 0 Å². The van der Waals surface area contributed by atoms with Crippen LogP contribution in [-0.4, -0.2) is 34.1 Å². The summed E-state index contributed by atoms with van der Waals surface area (Å²) in [5.74, 6) is 0.632. The fraction of sp³-hybridized carbons (Fsp3) is 0.385. The molecule has 1 saturated heterocycles. The van der Waals surface area contributed by atoms with E-state index in [1.54, 1.807) is 24.8 Å². The average molecular weight is 260 g/mol. The molecule has 6 nitrogen and oxygen atoms in total. The van der Waals surface area contributed by atoms with Gasteiger partial charge in [-0.05, 0) is 12.5 Å². The third-order valence-electron chi connectivity index (χ3n) is 3.52. The van der Waals surface area contributed by atoms with E-state index in [9.17, 15) is 4.79 Å². The van der Waals surface area contributed by atoms with Crippen LogP contribution in [0.2, 0.25) is 0 Å². The van der Waals surface area contributed by atoms with Crippen LogP contribution in [0.15, 0.2) is 24.8 Å². The lowest BCUT2D eigenvalue weighted by molar-refractivity contribution is 0.0869. The lowest BCUT2D eigenvalue weighted by Crippen LogP contribution is -2.47. The van der Waals surface area contributed by atoms with Gasteiger partial charge in [0.1, 0.15) is 11.4 Å². The van der Waals surface area contributed by atoms with Gasteiger partial charge in [-0.1, -0.05) is 0 Å². The number of ether oxygens (including phenoxy) is 1. The average Bonchev–Trinajstić information content (AvgIpc) is 3.08. The maximum absolute atomic E-state index is 12.4. The number of aromatic amines is 2. The molecule has 0 aliphatic carbocycles. The highest BCUT2D eigenvalue weighted by Gasteiger charge is 2.40. The van der Waals surface area contributed by atoms with Crippen molar-refractivity contribution in [3.63, 3.8) is 0 Å². The minimum absolute atomic E-state index is 0.111. The lowest BCUT2D eigenvalue weighted by Gasteiger charge is -2.26. The molecule has 0 bridgehead atoms. The van der Waals surface area contributed by atoms with E-state index in [1.165, 1.54) is 0 Å². The number of hydrogen-bond donors (Lipinski definition) is 3. The van der Waals surface area contributed by atoms with Gasteiger partial charge in [-0.15, -0.1) is 0 Å². The van der Waals surface area contributed by atoms with Gasteiger partial charge in [0, 0.05) is 37.8 Å². The molecule has 0 radical (unpaired) electrons. The number of carbonyl (C=O) groups excluding carboxylic acids is 1. The normalized spacial score (nSPS) is 22.6. The van der Waals surface area contributed by atoms with Gasteiger partial charge in [0.2, 0.25) is 0 Å². The minimum Gasteiger partial charge on any atom is -0.378 e. The highest BCUT2D eigenvalue weighted by molar-refractivity contribution is 5.96. The van der Waals surface area contributed by atoms with Gasteiger partial charge in [0.25, 0.3) is 5.91 Å². The molecular formula is C13H16N4O2. The maximum Gasteiger partial charge on any atom is 0.253 e. The summed E-state index contributed by atoms with van der Waals surface area (Å²) < 4.78 is 5.45. The van der Waals surface area contributed by atoms with Crippen LogP contribution in [0.25, 0.3) is 0 Å². The molecule has 0 saturated carbocycles. The number of rotatable bonds is 3. The second-order valence-electron chi connectivity index (χ2n) is 4.83. The Labute approximate surface area is 110 Å². The Kier molecular flexibility index (Phi) is 2.87. The van der Waals surface area contributed by atoms with Crippen LogP contribution in [0.5, 0.6) is 0 Å². The summed E-state index contributed by atoms with van der Waals surface area (Å²) >= 11 is 0. The van der Waals surface area contributed by atoms with Crippen LogP contribution in [0.4, 0.5) is 0 Å². The van der Waals surface area contributed by atoms with Crippen molar-refractivity contribution in [2.75, 3.05) is 13.2 Å². The van der Waals surface area contributed by atoms with Crippen molar-refractivity contribution in [2.45, 2.75) is 18.9 Å². The standard InChI is InChI=1S/C13H16N4O2/c1-9-6-14-7-10(9)11(18)17-13(2-5-19-8-13)12-15-3-4-16-12/h3-4,6-7,14H,2,5,8H2,1H3,(H,15,16)(H,17,18). The first-order chi connectivity index (χ1) is 9.21. The number of nitrogens with zero attached hydrogens (tertiary/aromatic N) is 1. The number of H-pyrrole nitrogens is 2. The first-order valence-electron chi connectivity index (χ1n) is 6.25. The summed E-state index contributed by atoms with van der Waals surface area (Å²) in [6.07, 6.45) is 7.66. The van der Waals surface area contributed by atoms with Crippen molar-refractivity contribution >= 4 is 5.91 Å².